The zero-order valence-electron chi connectivity index (χ0n) is 35.0. The van der Waals surface area contributed by atoms with Gasteiger partial charge in [0.2, 0.25) is 0 Å². The second kappa shape index (κ2) is 17.3. The number of fused-ring (bicyclic) bond motifs is 1. The Kier molecular flexibility index (Phi) is 11.7. The number of likely N-dealkylation sites (tertiary alicyclic amines) is 1. The number of aromatic amines is 1. The predicted molar refractivity (Wildman–Crippen MR) is 236 cm³/mol. The third-order valence-electron chi connectivity index (χ3n) is 13.2. The molecule has 5 heterocycles. The molecule has 1 spiro atoms. The summed E-state index contributed by atoms with van der Waals surface area (Å²) in [6.07, 6.45) is 9.93. The van der Waals surface area contributed by atoms with Crippen LogP contribution in [0, 0.1) is 15.5 Å². The van der Waals surface area contributed by atoms with Crippen LogP contribution in [0.1, 0.15) is 85.8 Å². The maximum absolute atomic E-state index is 13.9. The number of carbonyl (C=O) groups is 1. The smallest absolute Gasteiger partial charge is 0.293 e. The minimum Gasteiger partial charge on any atom is -0.455 e. The average Bonchev–Trinajstić information content (AvgIpc) is 3.95. The molecule has 9 rings (SSSR count). The lowest BCUT2D eigenvalue weighted by Gasteiger charge is -2.56. The van der Waals surface area contributed by atoms with E-state index in [1.807, 2.05) is 12.1 Å². The Morgan fingerprint density at radius 3 is 2.65 bits per heavy atom. The Bertz CT molecular complexity index is 2560. The first-order chi connectivity index (χ1) is 29.9. The number of ether oxygens (including phenoxy) is 3. The van der Waals surface area contributed by atoms with Crippen molar-refractivity contribution in [3.05, 3.63) is 112 Å². The van der Waals surface area contributed by atoms with E-state index in [0.29, 0.717) is 54.6 Å². The van der Waals surface area contributed by atoms with Gasteiger partial charge in [-0.2, -0.15) is 0 Å². The first kappa shape index (κ1) is 41.8. The molecule has 0 radical (unpaired) electrons. The number of rotatable bonds is 13. The first-order valence-corrected chi connectivity index (χ1v) is 23.1. The van der Waals surface area contributed by atoms with Crippen molar-refractivity contribution in [1.82, 2.24) is 19.6 Å². The highest BCUT2D eigenvalue weighted by Crippen LogP contribution is 2.54. The van der Waals surface area contributed by atoms with E-state index in [0.717, 1.165) is 49.6 Å². The van der Waals surface area contributed by atoms with Crippen LogP contribution in [0.3, 0.4) is 0 Å². The van der Waals surface area contributed by atoms with Gasteiger partial charge in [0.15, 0.2) is 0 Å². The van der Waals surface area contributed by atoms with Crippen molar-refractivity contribution < 1.29 is 32.3 Å². The minimum atomic E-state index is -4.57. The normalized spacial score (nSPS) is 20.7. The molecule has 2 atom stereocenters. The molecule has 15 nitrogen and oxygen atoms in total. The Morgan fingerprint density at radius 1 is 1.05 bits per heavy atom. The van der Waals surface area contributed by atoms with E-state index in [9.17, 15) is 23.3 Å². The molecule has 3 aromatic carbocycles. The number of pyridine rings is 1. The predicted octanol–water partition coefficient (Wildman–Crippen LogP) is 7.92. The van der Waals surface area contributed by atoms with Crippen LogP contribution in [-0.4, -0.2) is 92.3 Å². The fourth-order valence-corrected chi connectivity index (χ4v) is 10.9. The SMILES string of the molecule is CC(C)c1ccccc1[C@@H]1CCCN1C1CC2(CCN(c3ccc(C(=O)NS(=O)(=O)c4ccc(NC[C@@H]5COCCO5)c([N+](=O)[O-])c4)c(Oc4cnc5[nH]ccc5c4)c3)CC2)C1. The summed E-state index contributed by atoms with van der Waals surface area (Å²) in [5, 5.41) is 15.8. The van der Waals surface area contributed by atoms with Crippen LogP contribution in [0.25, 0.3) is 11.0 Å². The average molecular weight is 864 g/mol. The van der Waals surface area contributed by atoms with Gasteiger partial charge in [0.05, 0.1) is 47.5 Å². The van der Waals surface area contributed by atoms with Gasteiger partial charge in [-0.1, -0.05) is 38.1 Å². The van der Waals surface area contributed by atoms with Crippen molar-refractivity contribution in [3.8, 4) is 11.5 Å². The molecule has 326 valence electrons. The van der Waals surface area contributed by atoms with Crippen LogP contribution < -0.4 is 19.7 Å². The molecule has 1 saturated carbocycles. The topological polar surface area (TPSA) is 181 Å². The van der Waals surface area contributed by atoms with Crippen LogP contribution in [0.2, 0.25) is 0 Å². The lowest BCUT2D eigenvalue weighted by atomic mass is 9.59. The number of H-pyrrole nitrogens is 1. The molecule has 5 aromatic rings. The molecule has 3 saturated heterocycles. The van der Waals surface area contributed by atoms with Gasteiger partial charge in [-0.25, -0.2) is 18.1 Å². The van der Waals surface area contributed by atoms with E-state index in [1.165, 1.54) is 55.1 Å². The van der Waals surface area contributed by atoms with E-state index in [2.05, 4.69) is 67.9 Å². The summed E-state index contributed by atoms with van der Waals surface area (Å²) in [7, 11) is -4.57. The Labute approximate surface area is 361 Å². The second-order valence-electron chi connectivity index (χ2n) is 17.4. The van der Waals surface area contributed by atoms with Crippen LogP contribution in [-0.2, 0) is 19.5 Å². The van der Waals surface area contributed by atoms with Gasteiger partial charge in [-0.15, -0.1) is 0 Å². The number of nitrogens with one attached hydrogen (secondary N) is 3. The summed E-state index contributed by atoms with van der Waals surface area (Å²) in [6.45, 7) is 8.84. The number of carbonyl (C=O) groups excluding carboxylic acids is 1. The summed E-state index contributed by atoms with van der Waals surface area (Å²) in [5.41, 5.74) is 4.41. The maximum Gasteiger partial charge on any atom is 0.293 e. The minimum absolute atomic E-state index is 0.0245. The second-order valence-corrected chi connectivity index (χ2v) is 19.1. The zero-order chi connectivity index (χ0) is 43.0. The van der Waals surface area contributed by atoms with E-state index in [4.69, 9.17) is 14.2 Å². The number of nitro benzene ring substituents is 1. The van der Waals surface area contributed by atoms with E-state index >= 15 is 0 Å². The molecule has 62 heavy (non-hydrogen) atoms. The van der Waals surface area contributed by atoms with Crippen molar-refractivity contribution in [2.75, 3.05) is 56.2 Å². The maximum atomic E-state index is 13.9. The van der Waals surface area contributed by atoms with Gasteiger partial charge >= 0.3 is 0 Å². The van der Waals surface area contributed by atoms with Gasteiger partial charge < -0.3 is 29.4 Å². The molecule has 3 aliphatic heterocycles. The van der Waals surface area contributed by atoms with Gasteiger partial charge in [-0.05, 0) is 104 Å². The molecule has 1 amide bonds. The summed E-state index contributed by atoms with van der Waals surface area (Å²) in [5.74, 6) is 0.0612. The lowest BCUT2D eigenvalue weighted by molar-refractivity contribution is -0.384. The van der Waals surface area contributed by atoms with E-state index in [-0.39, 0.29) is 29.6 Å². The third kappa shape index (κ3) is 8.61. The number of amides is 1. The van der Waals surface area contributed by atoms with Crippen molar-refractivity contribution in [2.24, 2.45) is 5.41 Å². The molecule has 2 aromatic heterocycles. The number of piperidine rings is 1. The Morgan fingerprint density at radius 2 is 1.87 bits per heavy atom. The van der Waals surface area contributed by atoms with Crippen molar-refractivity contribution in [2.45, 2.75) is 81.4 Å². The molecule has 4 aliphatic rings. The van der Waals surface area contributed by atoms with Crippen LogP contribution in [0.15, 0.2) is 90.1 Å². The quantitative estimate of drug-likeness (QED) is 0.0770. The summed E-state index contributed by atoms with van der Waals surface area (Å²) < 4.78 is 46.8. The number of nitrogens with zero attached hydrogens (tertiary/aromatic N) is 4. The van der Waals surface area contributed by atoms with Crippen LogP contribution >= 0.6 is 0 Å². The molecule has 16 heteroatoms. The van der Waals surface area contributed by atoms with Crippen molar-refractivity contribution in [3.63, 3.8) is 0 Å². The van der Waals surface area contributed by atoms with E-state index in [1.54, 1.807) is 24.4 Å². The molecule has 1 aliphatic carbocycles. The van der Waals surface area contributed by atoms with E-state index < -0.39 is 31.4 Å². The standard InChI is InChI=1S/C46H53N7O8S/c1-30(2)37-6-3-4-7-38(37)41-8-5-17-52(41)33-25-46(26-33)14-18-51(19-15-46)32-9-11-39(43(23-32)61-34-22-31-13-16-47-44(31)49-27-34)45(54)50-62(57,58)36-10-12-40(42(24-36)53(55)56)48-28-35-29-59-20-21-60-35/h3-4,6-7,9-13,16,22-24,27,30,33,35,41,48H,5,8,14-15,17-21,25-26,28-29H2,1-2H3,(H,47,49)(H,50,54)/t35-,41+/m1/s1. The molecular weight excluding hydrogens is 811 g/mol. The fourth-order valence-electron chi connectivity index (χ4n) is 9.90. The highest BCUT2D eigenvalue weighted by molar-refractivity contribution is 7.90. The summed E-state index contributed by atoms with van der Waals surface area (Å²) in [4.78, 5) is 37.4. The Balaban J connectivity index is 0.903. The lowest BCUT2D eigenvalue weighted by Crippen LogP contribution is -2.54. The molecular formula is C46H53N7O8S. The number of hydrogen-bond donors (Lipinski definition) is 3. The van der Waals surface area contributed by atoms with Gasteiger partial charge in [0.25, 0.3) is 21.6 Å². The summed E-state index contributed by atoms with van der Waals surface area (Å²) >= 11 is 0. The molecule has 3 N–H and O–H groups in total. The zero-order valence-corrected chi connectivity index (χ0v) is 35.9. The fraction of sp³-hybridized carbons (Fsp3) is 0.435. The van der Waals surface area contributed by atoms with Gasteiger partial charge in [0.1, 0.15) is 22.8 Å². The number of benzene rings is 3. The van der Waals surface area contributed by atoms with Gasteiger partial charge in [0, 0.05) is 61.1 Å². The molecule has 0 unspecified atom stereocenters. The molecule has 4 fully saturated rings. The highest BCUT2D eigenvalue weighted by Gasteiger charge is 2.50. The van der Waals surface area contributed by atoms with Crippen LogP contribution in [0.4, 0.5) is 17.1 Å². The summed E-state index contributed by atoms with van der Waals surface area (Å²) in [6, 6.07) is 22.3. The first-order valence-electron chi connectivity index (χ1n) is 21.6. The number of anilines is 2. The van der Waals surface area contributed by atoms with Crippen molar-refractivity contribution in [1.29, 1.82) is 0 Å². The largest absolute Gasteiger partial charge is 0.455 e. The molecule has 0 bridgehead atoms. The van der Waals surface area contributed by atoms with Crippen LogP contribution in [0.5, 0.6) is 11.5 Å². The highest BCUT2D eigenvalue weighted by atomic mass is 32.2. The number of aromatic nitrogens is 2. The van der Waals surface area contributed by atoms with Crippen molar-refractivity contribution >= 4 is 44.0 Å². The van der Waals surface area contributed by atoms with Gasteiger partial charge in [-0.3, -0.25) is 19.8 Å². The number of nitro groups is 1. The number of sulfonamides is 1. The number of hydrogen-bond acceptors (Lipinski definition) is 12. The monoisotopic (exact) mass is 863 g/mol. The third-order valence-corrected chi connectivity index (χ3v) is 14.5. The Hall–Kier alpha value is -5.55.